The average molecular weight is 172 g/mol. The molecule has 0 aliphatic rings. The highest BCUT2D eigenvalue weighted by atomic mass is 35.5. The number of alkyl halides is 1. The van der Waals surface area contributed by atoms with Gasteiger partial charge in [0.2, 0.25) is 0 Å². The van der Waals surface area contributed by atoms with Crippen LogP contribution in [0.15, 0.2) is 24.5 Å². The maximum absolute atomic E-state index is 5.98. The molecule has 11 heavy (non-hydrogen) atoms. The highest BCUT2D eigenvalue weighted by Gasteiger charge is 2.21. The molecule has 0 fully saturated rings. The molecule has 1 atom stereocenters. The molecule has 1 heterocycles. The second-order valence-corrected chi connectivity index (χ2v) is 3.08. The number of ether oxygens (including phenoxy) is 1. The van der Waals surface area contributed by atoms with Crippen molar-refractivity contribution in [3.63, 3.8) is 0 Å². The lowest BCUT2D eigenvalue weighted by Crippen LogP contribution is -2.15. The van der Waals surface area contributed by atoms with E-state index in [1.807, 2.05) is 12.1 Å². The van der Waals surface area contributed by atoms with Crippen LogP contribution in [-0.4, -0.2) is 12.1 Å². The molecule has 0 amide bonds. The molecule has 0 saturated heterocycles. The average Bonchev–Trinajstić information content (AvgIpc) is 2.06. The van der Waals surface area contributed by atoms with E-state index >= 15 is 0 Å². The van der Waals surface area contributed by atoms with Crippen LogP contribution in [-0.2, 0) is 9.80 Å². The number of pyridine rings is 1. The van der Waals surface area contributed by atoms with Crippen LogP contribution in [0.25, 0.3) is 0 Å². The van der Waals surface area contributed by atoms with Crippen LogP contribution in [0.3, 0.4) is 0 Å². The first-order chi connectivity index (χ1) is 5.17. The maximum Gasteiger partial charge on any atom is 0.165 e. The van der Waals surface area contributed by atoms with Crippen molar-refractivity contribution in [1.29, 1.82) is 0 Å². The molecule has 3 heteroatoms. The summed E-state index contributed by atoms with van der Waals surface area (Å²) in [5, 5.41) is -0.756. The van der Waals surface area contributed by atoms with E-state index in [4.69, 9.17) is 16.3 Å². The lowest BCUT2D eigenvalue weighted by Gasteiger charge is -2.19. The van der Waals surface area contributed by atoms with Crippen LogP contribution in [0.1, 0.15) is 12.5 Å². The Morgan fingerprint density at radius 1 is 1.64 bits per heavy atom. The number of hydrogen-bond acceptors (Lipinski definition) is 2. The third kappa shape index (κ3) is 1.91. The van der Waals surface area contributed by atoms with Crippen molar-refractivity contribution in [3.8, 4) is 0 Å². The Bertz CT molecular complexity index is 223. The van der Waals surface area contributed by atoms with E-state index in [-0.39, 0.29) is 0 Å². The van der Waals surface area contributed by atoms with Crippen molar-refractivity contribution in [2.45, 2.75) is 12.0 Å². The van der Waals surface area contributed by atoms with Crippen molar-refractivity contribution in [2.75, 3.05) is 7.11 Å². The maximum atomic E-state index is 5.98. The Labute approximate surface area is 71.2 Å². The Morgan fingerprint density at radius 3 is 2.82 bits per heavy atom. The molecule has 60 valence electrons. The number of hydrogen-bond donors (Lipinski definition) is 0. The molecule has 0 saturated carbocycles. The Morgan fingerprint density at radius 2 is 2.36 bits per heavy atom. The summed E-state index contributed by atoms with van der Waals surface area (Å²) in [5.41, 5.74) is 0.865. The molecule has 0 N–H and O–H groups in total. The summed E-state index contributed by atoms with van der Waals surface area (Å²) in [5.74, 6) is 0. The molecule has 0 aromatic carbocycles. The molecule has 1 aromatic rings. The zero-order valence-electron chi connectivity index (χ0n) is 6.54. The minimum Gasteiger partial charge on any atom is -0.359 e. The van der Waals surface area contributed by atoms with Crippen molar-refractivity contribution < 1.29 is 4.74 Å². The van der Waals surface area contributed by atoms with Gasteiger partial charge in [-0.15, -0.1) is 0 Å². The molecule has 1 rings (SSSR count). The fourth-order valence-corrected chi connectivity index (χ4v) is 0.857. The number of rotatable bonds is 2. The van der Waals surface area contributed by atoms with E-state index in [2.05, 4.69) is 4.98 Å². The van der Waals surface area contributed by atoms with Gasteiger partial charge < -0.3 is 4.74 Å². The van der Waals surface area contributed by atoms with Crippen molar-refractivity contribution >= 4 is 11.6 Å². The van der Waals surface area contributed by atoms with Gasteiger partial charge in [0.25, 0.3) is 0 Å². The predicted molar refractivity (Wildman–Crippen MR) is 44.5 cm³/mol. The Balaban J connectivity index is 2.93. The first kappa shape index (κ1) is 8.50. The monoisotopic (exact) mass is 171 g/mol. The van der Waals surface area contributed by atoms with Crippen LogP contribution in [0, 0.1) is 0 Å². The minimum atomic E-state index is -0.756. The number of methoxy groups -OCH3 is 1. The molecular weight excluding hydrogens is 162 g/mol. The fourth-order valence-electron chi connectivity index (χ4n) is 0.745. The van der Waals surface area contributed by atoms with Crippen LogP contribution >= 0.6 is 11.6 Å². The number of nitrogens with zero attached hydrogens (tertiary/aromatic N) is 1. The number of halogens is 1. The van der Waals surface area contributed by atoms with Gasteiger partial charge in [0.15, 0.2) is 5.06 Å². The van der Waals surface area contributed by atoms with Crippen LogP contribution < -0.4 is 0 Å². The predicted octanol–water partition coefficient (Wildman–Crippen LogP) is 2.14. The Hall–Kier alpha value is -0.600. The molecular formula is C8H10ClNO. The van der Waals surface area contributed by atoms with Gasteiger partial charge in [0.1, 0.15) is 0 Å². The van der Waals surface area contributed by atoms with E-state index in [1.54, 1.807) is 26.4 Å². The highest BCUT2D eigenvalue weighted by Crippen LogP contribution is 2.27. The van der Waals surface area contributed by atoms with Crippen molar-refractivity contribution in [1.82, 2.24) is 4.98 Å². The minimum absolute atomic E-state index is 0.756. The lowest BCUT2D eigenvalue weighted by molar-refractivity contribution is 0.0783. The van der Waals surface area contributed by atoms with Crippen molar-refractivity contribution in [3.05, 3.63) is 30.1 Å². The fraction of sp³-hybridized carbons (Fsp3) is 0.375. The van der Waals surface area contributed by atoms with E-state index in [0.717, 1.165) is 5.56 Å². The molecule has 0 spiro atoms. The summed E-state index contributed by atoms with van der Waals surface area (Å²) < 4.78 is 5.05. The van der Waals surface area contributed by atoms with Gasteiger partial charge in [0.05, 0.1) is 0 Å². The SMILES string of the molecule is COC(C)(Cl)c1cccnc1. The summed E-state index contributed by atoms with van der Waals surface area (Å²) in [4.78, 5) is 3.93. The molecule has 1 aromatic heterocycles. The van der Waals surface area contributed by atoms with Gasteiger partial charge in [0, 0.05) is 25.1 Å². The normalized spacial score (nSPS) is 15.9. The topological polar surface area (TPSA) is 22.1 Å². The molecule has 1 unspecified atom stereocenters. The summed E-state index contributed by atoms with van der Waals surface area (Å²) in [6, 6.07) is 3.71. The van der Waals surface area contributed by atoms with E-state index in [9.17, 15) is 0 Å². The van der Waals surface area contributed by atoms with E-state index in [0.29, 0.717) is 0 Å². The Kier molecular flexibility index (Phi) is 2.47. The van der Waals surface area contributed by atoms with Gasteiger partial charge in [-0.2, -0.15) is 0 Å². The quantitative estimate of drug-likeness (QED) is 0.637. The zero-order valence-corrected chi connectivity index (χ0v) is 7.30. The summed E-state index contributed by atoms with van der Waals surface area (Å²) >= 11 is 5.98. The second-order valence-electron chi connectivity index (χ2n) is 2.36. The molecule has 0 bridgehead atoms. The highest BCUT2D eigenvalue weighted by molar-refractivity contribution is 6.22. The number of aromatic nitrogens is 1. The standard InChI is InChI=1S/C8H10ClNO/c1-8(9,11-2)7-4-3-5-10-6-7/h3-6H,1-2H3. The molecule has 0 aliphatic carbocycles. The van der Waals surface area contributed by atoms with Crippen molar-refractivity contribution in [2.24, 2.45) is 0 Å². The smallest absolute Gasteiger partial charge is 0.165 e. The summed E-state index contributed by atoms with van der Waals surface area (Å²) in [6.45, 7) is 1.78. The van der Waals surface area contributed by atoms with Crippen LogP contribution in [0.4, 0.5) is 0 Å². The van der Waals surface area contributed by atoms with Crippen LogP contribution in [0.5, 0.6) is 0 Å². The molecule has 0 radical (unpaired) electrons. The largest absolute Gasteiger partial charge is 0.359 e. The van der Waals surface area contributed by atoms with E-state index < -0.39 is 5.06 Å². The van der Waals surface area contributed by atoms with E-state index in [1.165, 1.54) is 0 Å². The second kappa shape index (κ2) is 3.20. The first-order valence-electron chi connectivity index (χ1n) is 3.31. The summed E-state index contributed by atoms with van der Waals surface area (Å²) in [7, 11) is 1.57. The third-order valence-corrected chi connectivity index (χ3v) is 1.93. The van der Waals surface area contributed by atoms with Gasteiger partial charge in [-0.25, -0.2) is 0 Å². The summed E-state index contributed by atoms with van der Waals surface area (Å²) in [6.07, 6.45) is 3.39. The van der Waals surface area contributed by atoms with Gasteiger partial charge in [-0.3, -0.25) is 4.98 Å². The molecule has 2 nitrogen and oxygen atoms in total. The lowest BCUT2D eigenvalue weighted by atomic mass is 10.2. The first-order valence-corrected chi connectivity index (χ1v) is 3.69. The van der Waals surface area contributed by atoms with Gasteiger partial charge >= 0.3 is 0 Å². The molecule has 0 aliphatic heterocycles. The van der Waals surface area contributed by atoms with Gasteiger partial charge in [-0.05, 0) is 13.0 Å². The third-order valence-electron chi connectivity index (χ3n) is 1.56. The van der Waals surface area contributed by atoms with Gasteiger partial charge in [-0.1, -0.05) is 17.7 Å². The zero-order chi connectivity index (χ0) is 8.32. The van der Waals surface area contributed by atoms with Crippen LogP contribution in [0.2, 0.25) is 0 Å².